The number of likely N-dealkylation sites (tertiary alicyclic amines) is 1. The SMILES string of the molecule is Cn1cncc1-c1c(CNCCN2CCCC2)nc2ccc(C(O)c3ccc(Cl)cc3)cc2c1-c1cccc(Cl)c1. The number of halogens is 2. The van der Waals surface area contributed by atoms with Crippen LogP contribution in [0.15, 0.2) is 79.3 Å². The summed E-state index contributed by atoms with van der Waals surface area (Å²) < 4.78 is 2.02. The molecule has 3 aromatic carbocycles. The number of nitrogens with zero attached hydrogens (tertiary/aromatic N) is 4. The first-order valence-corrected chi connectivity index (χ1v) is 14.8. The maximum atomic E-state index is 11.3. The Balaban J connectivity index is 1.49. The number of nitrogens with one attached hydrogen (secondary N) is 1. The van der Waals surface area contributed by atoms with Crippen molar-refractivity contribution in [3.63, 3.8) is 0 Å². The third-order valence-electron chi connectivity index (χ3n) is 7.87. The molecule has 0 bridgehead atoms. The van der Waals surface area contributed by atoms with Crippen LogP contribution in [0.25, 0.3) is 33.3 Å². The molecule has 1 fully saturated rings. The lowest BCUT2D eigenvalue weighted by molar-refractivity contribution is 0.220. The predicted molar refractivity (Wildman–Crippen MR) is 167 cm³/mol. The third kappa shape index (κ3) is 6.03. The van der Waals surface area contributed by atoms with E-state index in [1.165, 1.54) is 25.9 Å². The topological polar surface area (TPSA) is 66.2 Å². The first-order valence-electron chi connectivity index (χ1n) is 14.0. The Labute approximate surface area is 250 Å². The minimum Gasteiger partial charge on any atom is -0.384 e. The molecule has 0 spiro atoms. The lowest BCUT2D eigenvalue weighted by atomic mass is 9.90. The van der Waals surface area contributed by atoms with E-state index in [1.807, 2.05) is 72.7 Å². The molecule has 1 aliphatic heterocycles. The van der Waals surface area contributed by atoms with Crippen molar-refractivity contribution >= 4 is 34.1 Å². The summed E-state index contributed by atoms with van der Waals surface area (Å²) in [6.45, 7) is 4.90. The van der Waals surface area contributed by atoms with Gasteiger partial charge in [0, 0.05) is 53.2 Å². The summed E-state index contributed by atoms with van der Waals surface area (Å²) in [4.78, 5) is 12.1. The van der Waals surface area contributed by atoms with E-state index in [0.29, 0.717) is 16.6 Å². The van der Waals surface area contributed by atoms with Crippen molar-refractivity contribution in [3.05, 3.63) is 106 Å². The molecule has 0 saturated carbocycles. The van der Waals surface area contributed by atoms with Crippen molar-refractivity contribution in [2.75, 3.05) is 26.2 Å². The Hall–Kier alpha value is -3.26. The van der Waals surface area contributed by atoms with Gasteiger partial charge in [-0.15, -0.1) is 0 Å². The minimum atomic E-state index is -0.809. The van der Waals surface area contributed by atoms with Crippen LogP contribution in [0.1, 0.15) is 35.8 Å². The molecule has 3 heterocycles. The van der Waals surface area contributed by atoms with E-state index >= 15 is 0 Å². The highest BCUT2D eigenvalue weighted by Gasteiger charge is 2.22. The number of rotatable bonds is 9. The lowest BCUT2D eigenvalue weighted by Gasteiger charge is -2.21. The Kier molecular flexibility index (Phi) is 8.37. The second-order valence-electron chi connectivity index (χ2n) is 10.7. The van der Waals surface area contributed by atoms with E-state index in [2.05, 4.69) is 21.3 Å². The fraction of sp³-hybridized carbons (Fsp3) is 0.273. The zero-order valence-corrected chi connectivity index (χ0v) is 24.5. The molecule has 41 heavy (non-hydrogen) atoms. The average Bonchev–Trinajstić information content (AvgIpc) is 3.66. The molecule has 2 N–H and O–H groups in total. The lowest BCUT2D eigenvalue weighted by Crippen LogP contribution is -2.30. The van der Waals surface area contributed by atoms with Gasteiger partial charge in [-0.05, 0) is 79.0 Å². The van der Waals surface area contributed by atoms with Crippen LogP contribution < -0.4 is 5.32 Å². The summed E-state index contributed by atoms with van der Waals surface area (Å²) in [5.41, 5.74) is 7.33. The molecule has 0 radical (unpaired) electrons. The van der Waals surface area contributed by atoms with E-state index in [1.54, 1.807) is 12.1 Å². The average molecular weight is 587 g/mol. The van der Waals surface area contributed by atoms with Crippen molar-refractivity contribution in [1.82, 2.24) is 24.8 Å². The Morgan fingerprint density at radius 3 is 2.44 bits per heavy atom. The molecular formula is C33H33Cl2N5O. The van der Waals surface area contributed by atoms with Crippen LogP contribution in [0.5, 0.6) is 0 Å². The van der Waals surface area contributed by atoms with Crippen molar-refractivity contribution in [1.29, 1.82) is 0 Å². The number of aliphatic hydroxyl groups excluding tert-OH is 1. The highest BCUT2D eigenvalue weighted by atomic mass is 35.5. The molecule has 8 heteroatoms. The Morgan fingerprint density at radius 2 is 1.71 bits per heavy atom. The summed E-state index contributed by atoms with van der Waals surface area (Å²) >= 11 is 12.6. The molecule has 1 saturated heterocycles. The molecular weight excluding hydrogens is 553 g/mol. The standard InChI is InChI=1S/C33H33Cl2N5O/c1-39-21-37-20-30(39)32-29(19-36-13-16-40-14-2-3-15-40)38-28-12-9-24(33(41)22-7-10-25(34)11-8-22)18-27(28)31(32)23-5-4-6-26(35)17-23/h4-12,17-18,20-21,33,36,41H,2-3,13-16,19H2,1H3. The fourth-order valence-corrected chi connectivity index (χ4v) is 6.05. The molecule has 6 rings (SSSR count). The number of imidazole rings is 1. The van der Waals surface area contributed by atoms with Gasteiger partial charge in [0.25, 0.3) is 0 Å². The monoisotopic (exact) mass is 585 g/mol. The summed E-state index contributed by atoms with van der Waals surface area (Å²) in [7, 11) is 2.00. The number of hydrogen-bond acceptors (Lipinski definition) is 5. The number of hydrogen-bond donors (Lipinski definition) is 2. The third-order valence-corrected chi connectivity index (χ3v) is 8.35. The maximum Gasteiger partial charge on any atom is 0.104 e. The number of aliphatic hydroxyl groups is 1. The summed E-state index contributed by atoms with van der Waals surface area (Å²) in [5, 5.41) is 17.2. The van der Waals surface area contributed by atoms with Gasteiger partial charge in [-0.1, -0.05) is 53.5 Å². The first-order chi connectivity index (χ1) is 20.0. The molecule has 210 valence electrons. The van der Waals surface area contributed by atoms with Gasteiger partial charge in [0.2, 0.25) is 0 Å². The number of benzene rings is 3. The normalized spacial score (nSPS) is 14.6. The molecule has 1 unspecified atom stereocenters. The Bertz CT molecular complexity index is 1660. The smallest absolute Gasteiger partial charge is 0.104 e. The molecule has 0 aliphatic carbocycles. The number of aromatic nitrogens is 3. The van der Waals surface area contributed by atoms with Gasteiger partial charge < -0.3 is 19.9 Å². The van der Waals surface area contributed by atoms with Crippen LogP contribution in [-0.4, -0.2) is 50.7 Å². The number of fused-ring (bicyclic) bond motifs is 1. The van der Waals surface area contributed by atoms with Gasteiger partial charge in [-0.3, -0.25) is 4.98 Å². The summed E-state index contributed by atoms with van der Waals surface area (Å²) in [6, 6.07) is 21.2. The number of pyridine rings is 1. The molecule has 6 nitrogen and oxygen atoms in total. The fourth-order valence-electron chi connectivity index (χ4n) is 5.74. The van der Waals surface area contributed by atoms with Crippen molar-refractivity contribution < 1.29 is 5.11 Å². The molecule has 0 amide bonds. The zero-order chi connectivity index (χ0) is 28.3. The summed E-state index contributed by atoms with van der Waals surface area (Å²) in [6.07, 6.45) is 5.46. The van der Waals surface area contributed by atoms with Crippen LogP contribution in [0.3, 0.4) is 0 Å². The largest absolute Gasteiger partial charge is 0.384 e. The second kappa shape index (κ2) is 12.3. The maximum absolute atomic E-state index is 11.3. The van der Waals surface area contributed by atoms with Crippen LogP contribution in [0, 0.1) is 0 Å². The first kappa shape index (κ1) is 27.9. The predicted octanol–water partition coefficient (Wildman–Crippen LogP) is 6.88. The van der Waals surface area contributed by atoms with Crippen molar-refractivity contribution in [2.24, 2.45) is 7.05 Å². The highest BCUT2D eigenvalue weighted by Crippen LogP contribution is 2.41. The van der Waals surface area contributed by atoms with Gasteiger partial charge in [-0.25, -0.2) is 4.98 Å². The van der Waals surface area contributed by atoms with Crippen molar-refractivity contribution in [2.45, 2.75) is 25.5 Å². The van der Waals surface area contributed by atoms with Gasteiger partial charge in [-0.2, -0.15) is 0 Å². The van der Waals surface area contributed by atoms with Gasteiger partial charge >= 0.3 is 0 Å². The molecule has 2 aromatic heterocycles. The molecule has 5 aromatic rings. The zero-order valence-electron chi connectivity index (χ0n) is 23.0. The van der Waals surface area contributed by atoms with Crippen LogP contribution in [0.2, 0.25) is 10.0 Å². The van der Waals surface area contributed by atoms with E-state index in [9.17, 15) is 5.11 Å². The van der Waals surface area contributed by atoms with E-state index in [4.69, 9.17) is 28.2 Å². The van der Waals surface area contributed by atoms with Gasteiger partial charge in [0.05, 0.1) is 29.4 Å². The van der Waals surface area contributed by atoms with Gasteiger partial charge in [0.15, 0.2) is 0 Å². The quantitative estimate of drug-likeness (QED) is 0.185. The summed E-state index contributed by atoms with van der Waals surface area (Å²) in [5.74, 6) is 0. The highest BCUT2D eigenvalue weighted by molar-refractivity contribution is 6.31. The van der Waals surface area contributed by atoms with Crippen LogP contribution in [0.4, 0.5) is 0 Å². The van der Waals surface area contributed by atoms with Crippen LogP contribution >= 0.6 is 23.2 Å². The number of aryl methyl sites for hydroxylation is 1. The van der Waals surface area contributed by atoms with E-state index in [0.717, 1.165) is 63.2 Å². The second-order valence-corrected chi connectivity index (χ2v) is 11.5. The minimum absolute atomic E-state index is 0.618. The van der Waals surface area contributed by atoms with Crippen molar-refractivity contribution in [3.8, 4) is 22.4 Å². The Morgan fingerprint density at radius 1 is 0.927 bits per heavy atom. The van der Waals surface area contributed by atoms with Gasteiger partial charge in [0.1, 0.15) is 6.10 Å². The van der Waals surface area contributed by atoms with Crippen LogP contribution in [-0.2, 0) is 13.6 Å². The molecule has 1 atom stereocenters. The van der Waals surface area contributed by atoms with E-state index < -0.39 is 6.10 Å². The molecule has 1 aliphatic rings. The van der Waals surface area contributed by atoms with E-state index in [-0.39, 0.29) is 0 Å².